The van der Waals surface area contributed by atoms with E-state index in [0.717, 1.165) is 0 Å². The zero-order chi connectivity index (χ0) is 19.4. The summed E-state index contributed by atoms with van der Waals surface area (Å²) in [7, 11) is 0. The lowest BCUT2D eigenvalue weighted by Crippen LogP contribution is -2.50. The lowest BCUT2D eigenvalue weighted by molar-refractivity contribution is 0.0531. The van der Waals surface area contributed by atoms with E-state index in [1.54, 1.807) is 29.7 Å². The summed E-state index contributed by atoms with van der Waals surface area (Å²) in [6, 6.07) is 4.22. The van der Waals surface area contributed by atoms with Crippen molar-refractivity contribution in [2.45, 2.75) is 20.0 Å². The molecule has 0 aliphatic carbocycles. The van der Waals surface area contributed by atoms with Crippen molar-refractivity contribution in [2.24, 2.45) is 0 Å². The molecule has 2 aromatic rings. The number of halogens is 1. The first-order valence-corrected chi connectivity index (χ1v) is 8.76. The maximum absolute atomic E-state index is 14.1. The molecule has 8 heteroatoms. The third kappa shape index (κ3) is 4.39. The molecule has 1 saturated heterocycles. The Bertz CT molecular complexity index is 821. The highest BCUT2D eigenvalue weighted by molar-refractivity contribution is 5.95. The first-order valence-electron chi connectivity index (χ1n) is 8.76. The number of aromatic nitrogens is 2. The number of hydrogen-bond acceptors (Lipinski definition) is 5. The van der Waals surface area contributed by atoms with E-state index < -0.39 is 5.82 Å². The van der Waals surface area contributed by atoms with Crippen molar-refractivity contribution in [3.05, 3.63) is 53.9 Å². The third-order valence-corrected chi connectivity index (χ3v) is 4.18. The third-order valence-electron chi connectivity index (χ3n) is 4.18. The molecule has 1 aliphatic heterocycles. The van der Waals surface area contributed by atoms with Gasteiger partial charge in [-0.3, -0.25) is 14.6 Å². The standard InChI is InChI=1S/C19H21FN4O3/c1-13(2)27-17-4-3-14(11-15(17)20)18(25)23-7-9-24(10-8-23)19(26)16-12-21-5-6-22-16/h3-6,11-13H,7-10H2,1-2H3. The highest BCUT2D eigenvalue weighted by atomic mass is 19.1. The quantitative estimate of drug-likeness (QED) is 0.821. The predicted octanol–water partition coefficient (Wildman–Crippen LogP) is 2.00. The molecule has 0 atom stereocenters. The van der Waals surface area contributed by atoms with Gasteiger partial charge in [-0.2, -0.15) is 0 Å². The molecule has 2 heterocycles. The van der Waals surface area contributed by atoms with E-state index in [4.69, 9.17) is 4.74 Å². The average molecular weight is 372 g/mol. The van der Waals surface area contributed by atoms with Crippen LogP contribution in [0.25, 0.3) is 0 Å². The van der Waals surface area contributed by atoms with Crippen molar-refractivity contribution >= 4 is 11.8 Å². The van der Waals surface area contributed by atoms with Crippen LogP contribution in [0.2, 0.25) is 0 Å². The van der Waals surface area contributed by atoms with Crippen molar-refractivity contribution < 1.29 is 18.7 Å². The van der Waals surface area contributed by atoms with Crippen molar-refractivity contribution in [3.8, 4) is 5.75 Å². The van der Waals surface area contributed by atoms with Gasteiger partial charge < -0.3 is 14.5 Å². The fraction of sp³-hybridized carbons (Fsp3) is 0.368. The van der Waals surface area contributed by atoms with Crippen LogP contribution < -0.4 is 4.74 Å². The Morgan fingerprint density at radius 3 is 2.30 bits per heavy atom. The Hall–Kier alpha value is -3.03. The normalized spacial score (nSPS) is 14.4. The highest BCUT2D eigenvalue weighted by Crippen LogP contribution is 2.21. The van der Waals surface area contributed by atoms with Gasteiger partial charge in [0.25, 0.3) is 11.8 Å². The number of hydrogen-bond donors (Lipinski definition) is 0. The van der Waals surface area contributed by atoms with E-state index >= 15 is 0 Å². The molecule has 1 aromatic carbocycles. The van der Waals surface area contributed by atoms with Gasteiger partial charge in [-0.15, -0.1) is 0 Å². The zero-order valence-corrected chi connectivity index (χ0v) is 15.3. The minimum atomic E-state index is -0.564. The van der Waals surface area contributed by atoms with Crippen LogP contribution in [-0.2, 0) is 0 Å². The molecule has 27 heavy (non-hydrogen) atoms. The van der Waals surface area contributed by atoms with Gasteiger partial charge in [0.05, 0.1) is 12.3 Å². The molecule has 0 saturated carbocycles. The first-order chi connectivity index (χ1) is 13.0. The van der Waals surface area contributed by atoms with E-state index in [0.29, 0.717) is 26.2 Å². The second kappa shape index (κ2) is 8.11. The predicted molar refractivity (Wildman–Crippen MR) is 96.0 cm³/mol. The minimum absolute atomic E-state index is 0.126. The fourth-order valence-corrected chi connectivity index (χ4v) is 2.85. The Kier molecular flexibility index (Phi) is 5.63. The molecular weight excluding hydrogens is 351 g/mol. The summed E-state index contributed by atoms with van der Waals surface area (Å²) in [5.74, 6) is -0.917. The Morgan fingerprint density at radius 2 is 1.74 bits per heavy atom. The van der Waals surface area contributed by atoms with Gasteiger partial charge in [0.2, 0.25) is 0 Å². The van der Waals surface area contributed by atoms with Crippen LogP contribution >= 0.6 is 0 Å². The first kappa shape index (κ1) is 18.8. The summed E-state index contributed by atoms with van der Waals surface area (Å²) in [4.78, 5) is 36.1. The topological polar surface area (TPSA) is 75.6 Å². The van der Waals surface area contributed by atoms with Gasteiger partial charge in [-0.1, -0.05) is 0 Å². The van der Waals surface area contributed by atoms with Crippen LogP contribution in [0.4, 0.5) is 4.39 Å². The highest BCUT2D eigenvalue weighted by Gasteiger charge is 2.26. The molecule has 0 bridgehead atoms. The number of carbonyl (C=O) groups is 2. The van der Waals surface area contributed by atoms with Gasteiger partial charge >= 0.3 is 0 Å². The van der Waals surface area contributed by atoms with Crippen LogP contribution in [0.5, 0.6) is 5.75 Å². The number of ether oxygens (including phenoxy) is 1. The second-order valence-corrected chi connectivity index (χ2v) is 6.49. The summed E-state index contributed by atoms with van der Waals surface area (Å²) in [6.07, 6.45) is 4.24. The maximum atomic E-state index is 14.1. The molecule has 3 rings (SSSR count). The van der Waals surface area contributed by atoms with E-state index in [1.165, 1.54) is 30.7 Å². The number of piperazine rings is 1. The van der Waals surface area contributed by atoms with Crippen molar-refractivity contribution in [3.63, 3.8) is 0 Å². The molecule has 0 unspecified atom stereocenters. The number of rotatable bonds is 4. The van der Waals surface area contributed by atoms with E-state index in [-0.39, 0.29) is 34.9 Å². The summed E-state index contributed by atoms with van der Waals surface area (Å²) in [5, 5.41) is 0. The summed E-state index contributed by atoms with van der Waals surface area (Å²) in [6.45, 7) is 5.13. The lowest BCUT2D eigenvalue weighted by atomic mass is 10.1. The second-order valence-electron chi connectivity index (χ2n) is 6.49. The van der Waals surface area contributed by atoms with Crippen molar-refractivity contribution in [2.75, 3.05) is 26.2 Å². The molecule has 7 nitrogen and oxygen atoms in total. The molecule has 142 valence electrons. The average Bonchev–Trinajstić information content (AvgIpc) is 2.69. The number of nitrogens with zero attached hydrogens (tertiary/aromatic N) is 4. The summed E-state index contributed by atoms with van der Waals surface area (Å²) in [5.41, 5.74) is 0.539. The smallest absolute Gasteiger partial charge is 0.274 e. The van der Waals surface area contributed by atoms with Gasteiger partial charge in [0.1, 0.15) is 5.69 Å². The van der Waals surface area contributed by atoms with Crippen molar-refractivity contribution in [1.82, 2.24) is 19.8 Å². The number of amides is 2. The van der Waals surface area contributed by atoms with Gasteiger partial charge in [0, 0.05) is 44.1 Å². The molecule has 1 fully saturated rings. The Labute approximate surface area is 156 Å². The van der Waals surface area contributed by atoms with Crippen LogP contribution in [0, 0.1) is 5.82 Å². The van der Waals surface area contributed by atoms with E-state index in [1.807, 2.05) is 0 Å². The molecule has 0 N–H and O–H groups in total. The van der Waals surface area contributed by atoms with Gasteiger partial charge in [-0.25, -0.2) is 9.37 Å². The maximum Gasteiger partial charge on any atom is 0.274 e. The lowest BCUT2D eigenvalue weighted by Gasteiger charge is -2.34. The SMILES string of the molecule is CC(C)Oc1ccc(C(=O)N2CCN(C(=O)c3cnccn3)CC2)cc1F. The zero-order valence-electron chi connectivity index (χ0n) is 15.3. The fourth-order valence-electron chi connectivity index (χ4n) is 2.85. The monoisotopic (exact) mass is 372 g/mol. The largest absolute Gasteiger partial charge is 0.488 e. The van der Waals surface area contributed by atoms with Gasteiger partial charge in [0.15, 0.2) is 11.6 Å². The Morgan fingerprint density at radius 1 is 1.07 bits per heavy atom. The van der Waals surface area contributed by atoms with Crippen LogP contribution in [-0.4, -0.2) is 63.9 Å². The number of benzene rings is 1. The minimum Gasteiger partial charge on any atom is -0.488 e. The Balaban J connectivity index is 1.61. The molecule has 1 aliphatic rings. The van der Waals surface area contributed by atoms with Crippen LogP contribution in [0.3, 0.4) is 0 Å². The van der Waals surface area contributed by atoms with Crippen LogP contribution in [0.15, 0.2) is 36.8 Å². The van der Waals surface area contributed by atoms with Gasteiger partial charge in [-0.05, 0) is 32.0 Å². The van der Waals surface area contributed by atoms with E-state index in [9.17, 15) is 14.0 Å². The molecule has 0 radical (unpaired) electrons. The molecule has 0 spiro atoms. The summed E-state index contributed by atoms with van der Waals surface area (Å²) >= 11 is 0. The van der Waals surface area contributed by atoms with E-state index in [2.05, 4.69) is 9.97 Å². The van der Waals surface area contributed by atoms with Crippen LogP contribution in [0.1, 0.15) is 34.7 Å². The van der Waals surface area contributed by atoms with Crippen molar-refractivity contribution in [1.29, 1.82) is 0 Å². The molecule has 1 aromatic heterocycles. The summed E-state index contributed by atoms with van der Waals surface area (Å²) < 4.78 is 19.5. The number of carbonyl (C=O) groups excluding carboxylic acids is 2. The molecule has 2 amide bonds. The molecular formula is C19H21FN4O3.